The summed E-state index contributed by atoms with van der Waals surface area (Å²) in [5.74, 6) is -0.0625. The molecule has 5 heterocycles. The first-order valence-electron chi connectivity index (χ1n) is 42.2. The van der Waals surface area contributed by atoms with Crippen LogP contribution in [-0.2, 0) is 65.1 Å². The van der Waals surface area contributed by atoms with Crippen LogP contribution in [0.1, 0.15) is 19.4 Å². The Morgan fingerprint density at radius 2 is 0.550 bits per heavy atom. The van der Waals surface area contributed by atoms with Crippen molar-refractivity contribution in [2.75, 3.05) is 9.80 Å². The van der Waals surface area contributed by atoms with Crippen molar-refractivity contribution in [1.29, 1.82) is 0 Å². The van der Waals surface area contributed by atoms with Gasteiger partial charge < -0.3 is 39.8 Å². The Labute approximate surface area is 808 Å². The van der Waals surface area contributed by atoms with Crippen molar-refractivity contribution in [2.45, 2.75) is 20.8 Å². The van der Waals surface area contributed by atoms with E-state index in [0.29, 0.717) is 0 Å². The Bertz CT molecular complexity index is 6320. The maximum atomic E-state index is 10.0. The first-order chi connectivity index (χ1) is 63.1. The molecule has 1 N–H and O–H groups in total. The Kier molecular flexibility index (Phi) is 35.9. The summed E-state index contributed by atoms with van der Waals surface area (Å²) in [6, 6.07) is 170. The monoisotopic (exact) mass is 2230 g/mol. The van der Waals surface area contributed by atoms with Gasteiger partial charge in [0.2, 0.25) is 0 Å². The number of carbonyl (C=O) groups is 1. The number of aryl methyl sites for hydroxylation is 1. The summed E-state index contributed by atoms with van der Waals surface area (Å²) in [4.78, 5) is 35.9. The van der Waals surface area contributed by atoms with Crippen LogP contribution in [0.5, 0.6) is 0 Å². The molecular weight excluding hydrogens is 2140 g/mol. The van der Waals surface area contributed by atoms with E-state index in [4.69, 9.17) is 5.11 Å². The van der Waals surface area contributed by atoms with Gasteiger partial charge in [-0.3, -0.25) is 4.79 Å². The minimum absolute atomic E-state index is 0. The molecule has 0 bridgehead atoms. The molecule has 16 aromatic carbocycles. The van der Waals surface area contributed by atoms with Crippen molar-refractivity contribution in [3.8, 4) is 78.5 Å². The van der Waals surface area contributed by atoms with Gasteiger partial charge in [-0.05, 0) is 230 Å². The molecule has 0 aliphatic carbocycles. The van der Waals surface area contributed by atoms with E-state index in [-0.39, 0.29) is 71.9 Å². The van der Waals surface area contributed by atoms with Crippen molar-refractivity contribution >= 4 is 83.0 Å². The third kappa shape index (κ3) is 26.2. The van der Waals surface area contributed by atoms with E-state index >= 15 is 0 Å². The Morgan fingerprint density at radius 1 is 0.267 bits per heavy atom. The van der Waals surface area contributed by atoms with Gasteiger partial charge in [0.15, 0.2) is 5.78 Å². The largest absolute Gasteiger partial charge is 3.00 e. The van der Waals surface area contributed by atoms with Crippen molar-refractivity contribution in [3.63, 3.8) is 0 Å². The molecule has 12 heteroatoms. The van der Waals surface area contributed by atoms with Crippen LogP contribution in [0.15, 0.2) is 492 Å². The van der Waals surface area contributed by atoms with Gasteiger partial charge in [-0.1, -0.05) is 218 Å². The number of rotatable bonds is 14. The second-order valence-corrected chi connectivity index (χ2v) is 29.7. The number of fused-ring (bicyclic) bond motifs is 4. The number of anilines is 6. The molecule has 0 atom stereocenters. The molecule has 0 fully saturated rings. The summed E-state index contributed by atoms with van der Waals surface area (Å²) in [6.07, 6.45) is 10.1. The molecule has 131 heavy (non-hydrogen) atoms. The fraction of sp³-hybridized carbons (Fsp3) is 0.0252. The third-order valence-electron chi connectivity index (χ3n) is 20.6. The van der Waals surface area contributed by atoms with Crippen LogP contribution in [0, 0.1) is 37.3 Å². The van der Waals surface area contributed by atoms with Gasteiger partial charge in [-0.25, -0.2) is 0 Å². The van der Waals surface area contributed by atoms with Gasteiger partial charge in [0.25, 0.3) is 0 Å². The number of para-hydroxylation sites is 4. The smallest absolute Gasteiger partial charge is 0.512 e. The molecule has 0 unspecified atom stereocenters. The number of aliphatic hydroxyl groups excluding tert-OH is 1. The summed E-state index contributed by atoms with van der Waals surface area (Å²) >= 11 is 0. The standard InChI is InChI=1S/C58H40N2.C12H10N.4C11H8N.C5H8O2.3Ir/c1-5-21-47(22-6-1)59(48-23-7-2-8-24-48)51-33-35-53-55(39-51)57(45-31-29-41-17-13-15-19-43(41)37-45)54-36-34-52(60(49-25-9-3-10-26-49)50-27-11-4-12-28-50)40-56(54)58(53)46-32-30-42-18-14-16-20-44(42)38-46;1-10-7-8-13-12(9-10)11-5-3-2-4-6-11;4*1-2-6-10(7-3-1)11-8-4-5-9-12-11;1-4(6)3-5(2)7;;;/h1-40H;2-5,7-9H,1H3;4*1-6,8-9H;3,6H,1-2H3;;;/q;5*-1;;;;+3. The van der Waals surface area contributed by atoms with Crippen molar-refractivity contribution in [3.05, 3.63) is 528 Å². The molecular formula is C119H90Ir3N7O2-2. The molecule has 5 aromatic heterocycles. The predicted octanol–water partition coefficient (Wildman–Crippen LogP) is 30.7. The second-order valence-electron chi connectivity index (χ2n) is 29.7. The molecule has 2 radical (unpaired) electrons. The summed E-state index contributed by atoms with van der Waals surface area (Å²) in [6.45, 7) is 4.91. The number of allylic oxidation sites excluding steroid dienone is 2. The maximum absolute atomic E-state index is 10.0. The van der Waals surface area contributed by atoms with Crippen molar-refractivity contribution in [2.24, 2.45) is 0 Å². The van der Waals surface area contributed by atoms with Crippen LogP contribution in [-0.4, -0.2) is 35.8 Å². The van der Waals surface area contributed by atoms with Gasteiger partial charge in [0.1, 0.15) is 0 Å². The van der Waals surface area contributed by atoms with Crippen LogP contribution in [0.2, 0.25) is 0 Å². The van der Waals surface area contributed by atoms with Crippen molar-refractivity contribution < 1.29 is 70.2 Å². The summed E-state index contributed by atoms with van der Waals surface area (Å²) < 4.78 is 0. The van der Waals surface area contributed by atoms with Gasteiger partial charge >= 0.3 is 20.1 Å². The number of nitrogens with zero attached hydrogens (tertiary/aromatic N) is 7. The van der Waals surface area contributed by atoms with Crippen molar-refractivity contribution in [1.82, 2.24) is 24.9 Å². The number of aliphatic hydroxyl groups is 1. The van der Waals surface area contributed by atoms with E-state index < -0.39 is 0 Å². The first-order valence-corrected chi connectivity index (χ1v) is 42.2. The minimum Gasteiger partial charge on any atom is -0.512 e. The van der Waals surface area contributed by atoms with E-state index in [1.54, 1.807) is 24.8 Å². The number of carbonyl (C=O) groups excluding carboxylic acids is 1. The SMILES string of the molecule is CC(=O)C=C(C)O.Cc1ccnc(-c2[c-]cccc2)c1.[Ir+3].[Ir].[Ir].[c-]1ccccc1-c1ccccn1.[c-]1ccccc1-c1ccccn1.[c-]1ccccc1-c1ccccn1.[c-]1ccccc1-c1ccccn1.c1ccc(N(c2ccccc2)c2ccc3c(-c4ccc5ccccc5c4)c4cc(N(c5ccccc5)c5ccccc5)ccc4c(-c4ccc5ccccc5c4)c3c2)cc1. The predicted molar refractivity (Wildman–Crippen MR) is 531 cm³/mol. The Balaban J connectivity index is 0.000000174. The average molecular weight is 2230 g/mol. The molecule has 0 amide bonds. The topological polar surface area (TPSA) is 108 Å². The van der Waals surface area contributed by atoms with E-state index in [9.17, 15) is 4.79 Å². The van der Waals surface area contributed by atoms with Gasteiger partial charge in [-0.15, -0.1) is 179 Å². The Morgan fingerprint density at radius 3 is 0.817 bits per heavy atom. The van der Waals surface area contributed by atoms with Gasteiger partial charge in [0, 0.05) is 111 Å². The molecule has 0 saturated heterocycles. The molecule has 0 aliphatic heterocycles. The second kappa shape index (κ2) is 49.4. The van der Waals surface area contributed by atoms with E-state index in [1.807, 2.05) is 206 Å². The number of benzene rings is 16. The maximum Gasteiger partial charge on any atom is 3.00 e. The van der Waals surface area contributed by atoms with Gasteiger partial charge in [0.05, 0.1) is 5.76 Å². The molecule has 0 aliphatic rings. The van der Waals surface area contributed by atoms with Crippen LogP contribution >= 0.6 is 0 Å². The summed E-state index contributed by atoms with van der Waals surface area (Å²) in [5.41, 5.74) is 22.7. The van der Waals surface area contributed by atoms with Gasteiger partial charge in [-0.2, -0.15) is 0 Å². The zero-order valence-corrected chi connectivity index (χ0v) is 79.4. The van der Waals surface area contributed by atoms with Crippen LogP contribution < -0.4 is 9.80 Å². The zero-order valence-electron chi connectivity index (χ0n) is 72.2. The molecule has 21 rings (SSSR count). The van der Waals surface area contributed by atoms with E-state index in [2.05, 4.69) is 321 Å². The zero-order chi connectivity index (χ0) is 87.7. The first kappa shape index (κ1) is 95.2. The normalized spacial score (nSPS) is 10.3. The fourth-order valence-electron chi connectivity index (χ4n) is 14.8. The van der Waals surface area contributed by atoms with E-state index in [1.165, 1.54) is 90.8 Å². The molecule has 0 spiro atoms. The number of pyridine rings is 5. The van der Waals surface area contributed by atoms with Crippen LogP contribution in [0.25, 0.3) is 122 Å². The number of ketones is 1. The number of hydrogen-bond acceptors (Lipinski definition) is 9. The number of aromatic nitrogens is 5. The fourth-order valence-corrected chi connectivity index (χ4v) is 14.8. The number of hydrogen-bond donors (Lipinski definition) is 1. The molecule has 642 valence electrons. The minimum atomic E-state index is -0.125. The third-order valence-corrected chi connectivity index (χ3v) is 20.6. The van der Waals surface area contributed by atoms with Crippen LogP contribution in [0.4, 0.5) is 34.1 Å². The summed E-state index contributed by atoms with van der Waals surface area (Å²) in [5, 5.41) is 18.1. The van der Waals surface area contributed by atoms with Crippen LogP contribution in [0.3, 0.4) is 0 Å². The Hall–Kier alpha value is -14.9. The summed E-state index contributed by atoms with van der Waals surface area (Å²) in [7, 11) is 0. The quantitative estimate of drug-likeness (QED) is 0.0493. The molecule has 21 aromatic rings. The molecule has 9 nitrogen and oxygen atoms in total. The molecule has 0 saturated carbocycles. The van der Waals surface area contributed by atoms with E-state index in [0.717, 1.165) is 90.4 Å². The average Bonchev–Trinajstić information content (AvgIpc) is 0.719.